The number of amides is 1. The molecule has 20 heavy (non-hydrogen) atoms. The van der Waals surface area contributed by atoms with E-state index in [1.165, 1.54) is 17.3 Å². The molecule has 1 aromatic rings. The third-order valence-corrected chi connectivity index (χ3v) is 5.58. The van der Waals surface area contributed by atoms with Crippen molar-refractivity contribution in [2.75, 3.05) is 5.75 Å². The predicted octanol–water partition coefficient (Wildman–Crippen LogP) is 3.81. The summed E-state index contributed by atoms with van der Waals surface area (Å²) in [6.45, 7) is 0. The van der Waals surface area contributed by atoms with E-state index in [9.17, 15) is 4.79 Å². The van der Waals surface area contributed by atoms with Crippen molar-refractivity contribution in [3.05, 3.63) is 34.3 Å². The Kier molecular flexibility index (Phi) is 3.77. The molecule has 2 N–H and O–H groups in total. The van der Waals surface area contributed by atoms with Crippen LogP contribution in [0.15, 0.2) is 33.7 Å². The average Bonchev–Trinajstić information content (AvgIpc) is 2.82. The number of carbonyl (C=O) groups is 1. The van der Waals surface area contributed by atoms with E-state index in [0.29, 0.717) is 11.1 Å². The summed E-state index contributed by atoms with van der Waals surface area (Å²) in [5, 5.41) is 11.8. The number of hydrogen-bond acceptors (Lipinski definition) is 3. The molecule has 0 saturated heterocycles. The molecule has 1 aliphatic carbocycles. The summed E-state index contributed by atoms with van der Waals surface area (Å²) in [7, 11) is 0. The summed E-state index contributed by atoms with van der Waals surface area (Å²) in [6, 6.07) is 8.23. The van der Waals surface area contributed by atoms with Gasteiger partial charge in [-0.05, 0) is 36.5 Å². The number of carboxylic acid groups (broad SMARTS) is 1. The second kappa shape index (κ2) is 5.41. The lowest BCUT2D eigenvalue weighted by Gasteiger charge is -2.36. The molecular weight excluding hydrogens is 340 g/mol. The zero-order valence-electron chi connectivity index (χ0n) is 10.8. The van der Waals surface area contributed by atoms with Crippen LogP contribution in [0, 0.1) is 5.92 Å². The number of nitrogens with one attached hydrogen (secondary N) is 1. The van der Waals surface area contributed by atoms with E-state index in [2.05, 4.69) is 33.4 Å². The molecular formula is C14H15BrN2O2S. The van der Waals surface area contributed by atoms with Crippen LogP contribution in [0.3, 0.4) is 0 Å². The summed E-state index contributed by atoms with van der Waals surface area (Å²) < 4.78 is 1.04. The molecule has 1 amide bonds. The summed E-state index contributed by atoms with van der Waals surface area (Å²) >= 11 is 5.03. The standard InChI is InChI=1S/C14H15BrN2O2S/c15-11-5-1-3-9(7-11)14-6-2-4-10(14)8-20-12(17-14)16-13(18)19/h1,3,5,7,10H,2,4,6,8H2,(H,16,17)(H,18,19)/t10?,14-/m1/s1. The minimum atomic E-state index is -1.04. The highest BCUT2D eigenvalue weighted by molar-refractivity contribution is 9.10. The van der Waals surface area contributed by atoms with E-state index >= 15 is 0 Å². The molecule has 1 heterocycles. The van der Waals surface area contributed by atoms with Crippen molar-refractivity contribution in [3.63, 3.8) is 0 Å². The summed E-state index contributed by atoms with van der Waals surface area (Å²) in [5.74, 6) is 1.41. The number of nitrogens with zero attached hydrogens (tertiary/aromatic N) is 1. The van der Waals surface area contributed by atoms with Gasteiger partial charge in [0.05, 0.1) is 5.54 Å². The lowest BCUT2D eigenvalue weighted by molar-refractivity contribution is 0.200. The van der Waals surface area contributed by atoms with E-state index in [0.717, 1.165) is 29.5 Å². The molecule has 1 aliphatic heterocycles. The first-order chi connectivity index (χ1) is 9.60. The summed E-state index contributed by atoms with van der Waals surface area (Å²) in [6.07, 6.45) is 2.24. The second-order valence-corrected chi connectivity index (χ2v) is 7.11. The van der Waals surface area contributed by atoms with Gasteiger partial charge in [0.1, 0.15) is 0 Å². The van der Waals surface area contributed by atoms with Gasteiger partial charge in [-0.25, -0.2) is 4.79 Å². The zero-order valence-corrected chi connectivity index (χ0v) is 13.2. The zero-order chi connectivity index (χ0) is 14.2. The van der Waals surface area contributed by atoms with E-state index in [4.69, 9.17) is 10.1 Å². The summed E-state index contributed by atoms with van der Waals surface area (Å²) in [4.78, 5) is 15.6. The quantitative estimate of drug-likeness (QED) is 0.805. The Balaban J connectivity index is 2.03. The maximum absolute atomic E-state index is 10.8. The van der Waals surface area contributed by atoms with Crippen molar-refractivity contribution in [2.45, 2.75) is 24.8 Å². The third kappa shape index (κ3) is 2.46. The van der Waals surface area contributed by atoms with Crippen LogP contribution in [0.1, 0.15) is 24.8 Å². The molecule has 6 heteroatoms. The number of hydrogen-bond donors (Lipinski definition) is 2. The molecule has 1 saturated carbocycles. The molecule has 3 rings (SSSR count). The average molecular weight is 355 g/mol. The van der Waals surface area contributed by atoms with Gasteiger partial charge in [-0.3, -0.25) is 10.3 Å². The van der Waals surface area contributed by atoms with Crippen molar-refractivity contribution >= 4 is 39.0 Å². The molecule has 1 aromatic carbocycles. The Labute approximate surface area is 130 Å². The van der Waals surface area contributed by atoms with E-state index in [-0.39, 0.29) is 5.54 Å². The second-order valence-electron chi connectivity index (χ2n) is 5.18. The Hall–Kier alpha value is -1.01. The maximum Gasteiger partial charge on any atom is 0.410 e. The highest BCUT2D eigenvalue weighted by Gasteiger charge is 2.46. The van der Waals surface area contributed by atoms with Crippen LogP contribution in [0.4, 0.5) is 4.79 Å². The predicted molar refractivity (Wildman–Crippen MR) is 84.2 cm³/mol. The lowest BCUT2D eigenvalue weighted by atomic mass is 9.82. The van der Waals surface area contributed by atoms with Gasteiger partial charge in [-0.1, -0.05) is 46.2 Å². The number of amidine groups is 1. The molecule has 2 aliphatic rings. The van der Waals surface area contributed by atoms with Gasteiger partial charge < -0.3 is 5.11 Å². The molecule has 0 aromatic heterocycles. The number of benzene rings is 1. The fraction of sp³-hybridized carbons (Fsp3) is 0.429. The Morgan fingerprint density at radius 2 is 2.40 bits per heavy atom. The summed E-state index contributed by atoms with van der Waals surface area (Å²) in [5.41, 5.74) is 0.923. The first-order valence-electron chi connectivity index (χ1n) is 6.59. The monoisotopic (exact) mass is 354 g/mol. The van der Waals surface area contributed by atoms with E-state index < -0.39 is 6.09 Å². The number of fused-ring (bicyclic) bond motifs is 1. The van der Waals surface area contributed by atoms with Crippen LogP contribution >= 0.6 is 27.7 Å². The molecule has 2 atom stereocenters. The van der Waals surface area contributed by atoms with Crippen LogP contribution < -0.4 is 5.32 Å². The van der Waals surface area contributed by atoms with Crippen molar-refractivity contribution in [1.82, 2.24) is 5.32 Å². The van der Waals surface area contributed by atoms with Gasteiger partial charge in [0, 0.05) is 10.2 Å². The van der Waals surface area contributed by atoms with E-state index in [1.54, 1.807) is 0 Å². The topological polar surface area (TPSA) is 61.7 Å². The molecule has 1 unspecified atom stereocenters. The van der Waals surface area contributed by atoms with E-state index in [1.807, 2.05) is 12.1 Å². The number of aliphatic imine (C=N–C) groups is 1. The number of halogens is 1. The van der Waals surface area contributed by atoms with Gasteiger partial charge in [0.2, 0.25) is 0 Å². The lowest BCUT2D eigenvalue weighted by Crippen LogP contribution is -2.39. The Morgan fingerprint density at radius 3 is 3.15 bits per heavy atom. The smallest absolute Gasteiger partial charge is 0.410 e. The highest BCUT2D eigenvalue weighted by atomic mass is 79.9. The maximum atomic E-state index is 10.8. The molecule has 0 spiro atoms. The largest absolute Gasteiger partial charge is 0.465 e. The van der Waals surface area contributed by atoms with Crippen molar-refractivity contribution < 1.29 is 9.90 Å². The van der Waals surface area contributed by atoms with Crippen LogP contribution in [-0.4, -0.2) is 22.1 Å². The van der Waals surface area contributed by atoms with Crippen LogP contribution in [0.5, 0.6) is 0 Å². The van der Waals surface area contributed by atoms with Gasteiger partial charge in [0.25, 0.3) is 0 Å². The van der Waals surface area contributed by atoms with Gasteiger partial charge in [0.15, 0.2) is 5.17 Å². The fourth-order valence-corrected chi connectivity index (χ4v) is 4.77. The minimum Gasteiger partial charge on any atom is -0.465 e. The van der Waals surface area contributed by atoms with Gasteiger partial charge in [-0.2, -0.15) is 0 Å². The fourth-order valence-electron chi connectivity index (χ4n) is 3.18. The van der Waals surface area contributed by atoms with Crippen LogP contribution in [0.2, 0.25) is 0 Å². The Morgan fingerprint density at radius 1 is 1.55 bits per heavy atom. The molecule has 0 bridgehead atoms. The van der Waals surface area contributed by atoms with Crippen molar-refractivity contribution in [3.8, 4) is 0 Å². The highest BCUT2D eigenvalue weighted by Crippen LogP contribution is 2.51. The SMILES string of the molecule is O=C(O)NC1=N[C@@]2(c3cccc(Br)c3)CCCC2CS1. The molecule has 4 nitrogen and oxygen atoms in total. The van der Waals surface area contributed by atoms with Crippen LogP contribution in [0.25, 0.3) is 0 Å². The first kappa shape index (κ1) is 13.9. The molecule has 106 valence electrons. The molecule has 1 fully saturated rings. The first-order valence-corrected chi connectivity index (χ1v) is 8.37. The minimum absolute atomic E-state index is 0.257. The number of thioether (sulfide) groups is 1. The van der Waals surface area contributed by atoms with Crippen molar-refractivity contribution in [2.24, 2.45) is 10.9 Å². The third-order valence-electron chi connectivity index (χ3n) is 4.05. The molecule has 0 radical (unpaired) electrons. The number of rotatable bonds is 1. The van der Waals surface area contributed by atoms with Crippen LogP contribution in [-0.2, 0) is 5.54 Å². The van der Waals surface area contributed by atoms with Crippen molar-refractivity contribution in [1.29, 1.82) is 0 Å². The Bertz CT molecular complexity index is 578. The normalized spacial score (nSPS) is 28.6. The van der Waals surface area contributed by atoms with Gasteiger partial charge in [-0.15, -0.1) is 0 Å². The van der Waals surface area contributed by atoms with Gasteiger partial charge >= 0.3 is 6.09 Å².